The Kier molecular flexibility index (Phi) is 4.53. The maximum absolute atomic E-state index is 11.7. The minimum absolute atomic E-state index is 0.213. The number of hydrogen-bond acceptors (Lipinski definition) is 2. The van der Waals surface area contributed by atoms with Crippen LogP contribution >= 0.6 is 15.9 Å². The van der Waals surface area contributed by atoms with Gasteiger partial charge in [-0.25, -0.2) is 5.48 Å². The summed E-state index contributed by atoms with van der Waals surface area (Å²) < 4.78 is 35.9. The van der Waals surface area contributed by atoms with Crippen molar-refractivity contribution in [3.05, 3.63) is 33.8 Å². The van der Waals surface area contributed by atoms with E-state index in [-0.39, 0.29) is 5.56 Å². The molecule has 94 valence electrons. The molecule has 0 saturated carbocycles. The van der Waals surface area contributed by atoms with Gasteiger partial charge in [0.05, 0.1) is 0 Å². The SMILES string of the molecule is Cc1ccc(C(=O)NOCC(F)(F)F)cc1Br. The van der Waals surface area contributed by atoms with Gasteiger partial charge in [-0.05, 0) is 24.6 Å². The fraction of sp³-hybridized carbons (Fsp3) is 0.300. The molecule has 0 aliphatic carbocycles. The molecule has 0 fully saturated rings. The second kappa shape index (κ2) is 5.50. The van der Waals surface area contributed by atoms with Crippen molar-refractivity contribution in [1.82, 2.24) is 5.48 Å². The Morgan fingerprint density at radius 2 is 2.12 bits per heavy atom. The predicted molar refractivity (Wildman–Crippen MR) is 58.4 cm³/mol. The predicted octanol–water partition coefficient (Wildman–Crippen LogP) is 2.98. The minimum Gasteiger partial charge on any atom is -0.267 e. The second-order valence-electron chi connectivity index (χ2n) is 3.30. The quantitative estimate of drug-likeness (QED) is 0.872. The van der Waals surface area contributed by atoms with Crippen LogP contribution < -0.4 is 5.48 Å². The molecule has 0 aliphatic heterocycles. The highest BCUT2D eigenvalue weighted by molar-refractivity contribution is 9.10. The molecule has 0 aromatic heterocycles. The van der Waals surface area contributed by atoms with E-state index in [1.54, 1.807) is 11.5 Å². The van der Waals surface area contributed by atoms with E-state index in [0.717, 1.165) is 5.56 Å². The van der Waals surface area contributed by atoms with Crippen LogP contribution in [0.4, 0.5) is 13.2 Å². The maximum Gasteiger partial charge on any atom is 0.414 e. The standard InChI is InChI=1S/C10H9BrF3NO2/c1-6-2-3-7(4-8(6)11)9(16)15-17-5-10(12,13)14/h2-4H,5H2,1H3,(H,15,16). The van der Waals surface area contributed by atoms with Crippen molar-refractivity contribution in [3.8, 4) is 0 Å². The van der Waals surface area contributed by atoms with Gasteiger partial charge in [0.1, 0.15) is 0 Å². The van der Waals surface area contributed by atoms with Crippen LogP contribution in [0.15, 0.2) is 22.7 Å². The zero-order chi connectivity index (χ0) is 13.1. The van der Waals surface area contributed by atoms with E-state index in [4.69, 9.17) is 0 Å². The summed E-state index contributed by atoms with van der Waals surface area (Å²) in [7, 11) is 0. The Morgan fingerprint density at radius 1 is 1.47 bits per heavy atom. The van der Waals surface area contributed by atoms with E-state index in [2.05, 4.69) is 20.8 Å². The molecule has 1 amide bonds. The number of halogens is 4. The largest absolute Gasteiger partial charge is 0.414 e. The highest BCUT2D eigenvalue weighted by atomic mass is 79.9. The van der Waals surface area contributed by atoms with Gasteiger partial charge < -0.3 is 0 Å². The summed E-state index contributed by atoms with van der Waals surface area (Å²) in [6.07, 6.45) is -4.47. The van der Waals surface area contributed by atoms with Crippen LogP contribution in [0.2, 0.25) is 0 Å². The van der Waals surface area contributed by atoms with Crippen LogP contribution in [0.1, 0.15) is 15.9 Å². The third-order valence-corrected chi connectivity index (χ3v) is 2.69. The summed E-state index contributed by atoms with van der Waals surface area (Å²) in [6.45, 7) is 0.303. The number of hydrogen-bond donors (Lipinski definition) is 1. The van der Waals surface area contributed by atoms with Gasteiger partial charge in [-0.1, -0.05) is 22.0 Å². The van der Waals surface area contributed by atoms with Crippen LogP contribution in [0.5, 0.6) is 0 Å². The average molecular weight is 312 g/mol. The van der Waals surface area contributed by atoms with Gasteiger partial charge >= 0.3 is 6.18 Å². The summed E-state index contributed by atoms with van der Waals surface area (Å²) in [5.74, 6) is -0.727. The molecular formula is C10H9BrF3NO2. The smallest absolute Gasteiger partial charge is 0.267 e. The molecule has 0 atom stereocenters. The molecule has 1 aromatic carbocycles. The highest BCUT2D eigenvalue weighted by Gasteiger charge is 2.28. The molecule has 0 bridgehead atoms. The Balaban J connectivity index is 2.56. The van der Waals surface area contributed by atoms with E-state index in [1.807, 2.05) is 6.92 Å². The van der Waals surface area contributed by atoms with Crippen LogP contribution in [0.25, 0.3) is 0 Å². The lowest BCUT2D eigenvalue weighted by Crippen LogP contribution is -2.29. The van der Waals surface area contributed by atoms with Crippen molar-refractivity contribution in [2.24, 2.45) is 0 Å². The molecule has 17 heavy (non-hydrogen) atoms. The normalized spacial score (nSPS) is 11.4. The number of hydroxylamine groups is 1. The van der Waals surface area contributed by atoms with Crippen LogP contribution in [-0.2, 0) is 4.84 Å². The molecular weight excluding hydrogens is 303 g/mol. The lowest BCUT2D eigenvalue weighted by Gasteiger charge is -2.08. The first-order chi connectivity index (χ1) is 7.79. The number of alkyl halides is 3. The van der Waals surface area contributed by atoms with Crippen molar-refractivity contribution in [3.63, 3.8) is 0 Å². The number of carbonyl (C=O) groups is 1. The van der Waals surface area contributed by atoms with Crippen molar-refractivity contribution in [2.45, 2.75) is 13.1 Å². The van der Waals surface area contributed by atoms with E-state index in [9.17, 15) is 18.0 Å². The summed E-state index contributed by atoms with van der Waals surface area (Å²) in [5.41, 5.74) is 2.85. The summed E-state index contributed by atoms with van der Waals surface area (Å²) in [4.78, 5) is 15.4. The van der Waals surface area contributed by atoms with Crippen molar-refractivity contribution >= 4 is 21.8 Å². The first-order valence-corrected chi connectivity index (χ1v) is 5.34. The van der Waals surface area contributed by atoms with Crippen molar-refractivity contribution in [1.29, 1.82) is 0 Å². The Hall–Kier alpha value is -1.08. The summed E-state index contributed by atoms with van der Waals surface area (Å²) >= 11 is 3.21. The third kappa shape index (κ3) is 4.74. The number of rotatable bonds is 3. The van der Waals surface area contributed by atoms with Crippen molar-refractivity contribution in [2.75, 3.05) is 6.61 Å². The van der Waals surface area contributed by atoms with Gasteiger partial charge in [-0.15, -0.1) is 0 Å². The van der Waals surface area contributed by atoms with Crippen molar-refractivity contribution < 1.29 is 22.8 Å². The van der Waals surface area contributed by atoms with Gasteiger partial charge in [0, 0.05) is 10.0 Å². The van der Waals surface area contributed by atoms with Gasteiger partial charge in [-0.3, -0.25) is 9.63 Å². The van der Waals surface area contributed by atoms with Gasteiger partial charge in [-0.2, -0.15) is 13.2 Å². The molecule has 3 nitrogen and oxygen atoms in total. The van der Waals surface area contributed by atoms with E-state index in [0.29, 0.717) is 4.47 Å². The monoisotopic (exact) mass is 311 g/mol. The fourth-order valence-electron chi connectivity index (χ4n) is 0.976. The molecule has 0 aliphatic rings. The van der Waals surface area contributed by atoms with Gasteiger partial charge in [0.2, 0.25) is 0 Å². The fourth-order valence-corrected chi connectivity index (χ4v) is 1.36. The zero-order valence-electron chi connectivity index (χ0n) is 8.77. The Labute approximate surface area is 104 Å². The van der Waals surface area contributed by atoms with Crippen LogP contribution in [0.3, 0.4) is 0 Å². The number of carbonyl (C=O) groups excluding carboxylic acids is 1. The second-order valence-corrected chi connectivity index (χ2v) is 4.15. The highest BCUT2D eigenvalue weighted by Crippen LogP contribution is 2.17. The molecule has 1 N–H and O–H groups in total. The zero-order valence-corrected chi connectivity index (χ0v) is 10.4. The van der Waals surface area contributed by atoms with Gasteiger partial charge in [0.25, 0.3) is 5.91 Å². The maximum atomic E-state index is 11.7. The lowest BCUT2D eigenvalue weighted by atomic mass is 10.1. The van der Waals surface area contributed by atoms with Crippen LogP contribution in [-0.4, -0.2) is 18.7 Å². The van der Waals surface area contributed by atoms with Gasteiger partial charge in [0.15, 0.2) is 6.61 Å². The average Bonchev–Trinajstić information content (AvgIpc) is 2.20. The summed E-state index contributed by atoms with van der Waals surface area (Å²) in [5, 5.41) is 0. The molecule has 1 aromatic rings. The number of benzene rings is 1. The first kappa shape index (κ1) is 14.0. The first-order valence-electron chi connectivity index (χ1n) is 4.54. The summed E-state index contributed by atoms with van der Waals surface area (Å²) in [6, 6.07) is 4.66. The molecule has 0 heterocycles. The number of aryl methyl sites for hydroxylation is 1. The Bertz CT molecular complexity index is 421. The lowest BCUT2D eigenvalue weighted by molar-refractivity contribution is -0.184. The molecule has 7 heteroatoms. The molecule has 0 spiro atoms. The topological polar surface area (TPSA) is 38.3 Å². The minimum atomic E-state index is -4.47. The Morgan fingerprint density at radius 3 is 2.65 bits per heavy atom. The van der Waals surface area contributed by atoms with E-state index >= 15 is 0 Å². The molecule has 0 saturated heterocycles. The van der Waals surface area contributed by atoms with E-state index < -0.39 is 18.7 Å². The molecule has 0 unspecified atom stereocenters. The van der Waals surface area contributed by atoms with Crippen LogP contribution in [0, 0.1) is 6.92 Å². The number of nitrogens with one attached hydrogen (secondary N) is 1. The van der Waals surface area contributed by atoms with E-state index in [1.165, 1.54) is 12.1 Å². The number of amides is 1. The third-order valence-electron chi connectivity index (χ3n) is 1.83. The molecule has 1 rings (SSSR count). The molecule has 0 radical (unpaired) electrons.